The van der Waals surface area contributed by atoms with Crippen LogP contribution in [-0.2, 0) is 12.4 Å². The molecule has 0 radical (unpaired) electrons. The molecule has 0 aromatic heterocycles. The van der Waals surface area contributed by atoms with Crippen LogP contribution < -0.4 is 0 Å². The molecule has 0 aliphatic heterocycles. The minimum atomic E-state index is -4.64. The van der Waals surface area contributed by atoms with E-state index in [9.17, 15) is 31.4 Å². The van der Waals surface area contributed by atoms with Gasteiger partial charge in [0.05, 0.1) is 17.2 Å². The second-order valence-electron chi connectivity index (χ2n) is 8.68. The van der Waals surface area contributed by atoms with Crippen LogP contribution in [0.1, 0.15) is 62.3 Å². The molecule has 0 amide bonds. The van der Waals surface area contributed by atoms with E-state index in [1.165, 1.54) is 12.1 Å². The molecule has 2 nitrogen and oxygen atoms in total. The van der Waals surface area contributed by atoms with Crippen LogP contribution >= 0.6 is 0 Å². The summed E-state index contributed by atoms with van der Waals surface area (Å²) in [6, 6.07) is 7.66. The van der Waals surface area contributed by atoms with Crippen molar-refractivity contribution in [2.45, 2.75) is 58.0 Å². The molecule has 186 valence electrons. The number of alkyl halides is 6. The van der Waals surface area contributed by atoms with Crippen molar-refractivity contribution in [2.75, 3.05) is 19.6 Å². The predicted octanol–water partition coefficient (Wildman–Crippen LogP) is 7.97. The van der Waals surface area contributed by atoms with Crippen molar-refractivity contribution in [3.05, 3.63) is 59.2 Å². The Kier molecular flexibility index (Phi) is 8.14. The number of hydrogen-bond donors (Lipinski definition) is 1. The summed E-state index contributed by atoms with van der Waals surface area (Å²) in [4.78, 5) is 2.13. The van der Waals surface area contributed by atoms with Gasteiger partial charge in [0.15, 0.2) is 0 Å². The first-order valence-corrected chi connectivity index (χ1v) is 11.5. The highest BCUT2D eigenvalue weighted by Gasteiger charge is 2.33. The smallest absolute Gasteiger partial charge is 0.387 e. The fourth-order valence-corrected chi connectivity index (χ4v) is 4.21. The van der Waals surface area contributed by atoms with Gasteiger partial charge in [-0.1, -0.05) is 38.8 Å². The quantitative estimate of drug-likeness (QED) is 0.245. The van der Waals surface area contributed by atoms with Gasteiger partial charge in [-0.05, 0) is 83.4 Å². The van der Waals surface area contributed by atoms with E-state index in [2.05, 4.69) is 18.7 Å². The van der Waals surface area contributed by atoms with Crippen molar-refractivity contribution in [1.29, 1.82) is 0 Å². The summed E-state index contributed by atoms with van der Waals surface area (Å²) in [5, 5.41) is 11.9. The van der Waals surface area contributed by atoms with E-state index in [1.807, 2.05) is 0 Å². The Balaban J connectivity index is 2.15. The molecule has 0 heterocycles. The van der Waals surface area contributed by atoms with Crippen molar-refractivity contribution < 1.29 is 31.4 Å². The number of aliphatic hydroxyl groups is 1. The number of aliphatic hydroxyl groups excluding tert-OH is 1. The molecule has 0 saturated carbocycles. The lowest BCUT2D eigenvalue weighted by Crippen LogP contribution is -2.30. The Morgan fingerprint density at radius 3 is 1.79 bits per heavy atom. The van der Waals surface area contributed by atoms with Crippen molar-refractivity contribution in [3.8, 4) is 0 Å². The first-order chi connectivity index (χ1) is 16.0. The molecule has 0 bridgehead atoms. The molecule has 0 fully saturated rings. The second-order valence-corrected chi connectivity index (χ2v) is 8.68. The second kappa shape index (κ2) is 10.5. The normalized spacial score (nSPS) is 13.8. The summed E-state index contributed by atoms with van der Waals surface area (Å²) in [5.74, 6) is 0. The van der Waals surface area contributed by atoms with E-state index >= 15 is 0 Å². The Morgan fingerprint density at radius 1 is 0.735 bits per heavy atom. The lowest BCUT2D eigenvalue weighted by atomic mass is 9.92. The average Bonchev–Trinajstić information content (AvgIpc) is 2.78. The molecule has 0 saturated heterocycles. The predicted molar refractivity (Wildman–Crippen MR) is 123 cm³/mol. The van der Waals surface area contributed by atoms with E-state index in [4.69, 9.17) is 0 Å². The van der Waals surface area contributed by atoms with Crippen LogP contribution in [0.25, 0.3) is 21.5 Å². The van der Waals surface area contributed by atoms with E-state index in [1.54, 1.807) is 6.07 Å². The Hall–Kier alpha value is -2.32. The van der Waals surface area contributed by atoms with Gasteiger partial charge >= 0.3 is 12.4 Å². The first kappa shape index (κ1) is 26.3. The lowest BCUT2D eigenvalue weighted by Gasteiger charge is -2.26. The molecule has 1 N–H and O–H groups in total. The number of nitrogens with zero attached hydrogens (tertiary/aromatic N) is 1. The molecule has 0 spiro atoms. The van der Waals surface area contributed by atoms with Gasteiger partial charge in [-0.2, -0.15) is 26.3 Å². The maximum Gasteiger partial charge on any atom is 0.416 e. The minimum Gasteiger partial charge on any atom is -0.387 e. The molecule has 8 heteroatoms. The van der Waals surface area contributed by atoms with E-state index < -0.39 is 29.6 Å². The molecule has 1 atom stereocenters. The van der Waals surface area contributed by atoms with Gasteiger partial charge in [0.2, 0.25) is 0 Å². The monoisotopic (exact) mass is 485 g/mol. The van der Waals surface area contributed by atoms with Gasteiger partial charge in [-0.3, -0.25) is 0 Å². The van der Waals surface area contributed by atoms with Gasteiger partial charge in [0.1, 0.15) is 0 Å². The summed E-state index contributed by atoms with van der Waals surface area (Å²) in [6.45, 7) is 6.00. The zero-order valence-corrected chi connectivity index (χ0v) is 19.2. The molecule has 3 aromatic carbocycles. The van der Waals surface area contributed by atoms with Gasteiger partial charge in [-0.25, -0.2) is 0 Å². The zero-order valence-electron chi connectivity index (χ0n) is 19.2. The summed E-state index contributed by atoms with van der Waals surface area (Å²) in [5.41, 5.74) is -1.47. The van der Waals surface area contributed by atoms with Crippen LogP contribution in [0.2, 0.25) is 0 Å². The summed E-state index contributed by atoms with van der Waals surface area (Å²) in [6.07, 6.45) is -6.40. The van der Waals surface area contributed by atoms with Crippen molar-refractivity contribution in [1.82, 2.24) is 4.90 Å². The fraction of sp³-hybridized carbons (Fsp3) is 0.462. The number of benzene rings is 3. The van der Waals surface area contributed by atoms with Gasteiger partial charge < -0.3 is 10.0 Å². The Bertz CT molecular complexity index is 1110. The zero-order chi connectivity index (χ0) is 25.1. The van der Waals surface area contributed by atoms with Gasteiger partial charge in [0.25, 0.3) is 0 Å². The van der Waals surface area contributed by atoms with Crippen molar-refractivity contribution in [3.63, 3.8) is 0 Å². The van der Waals surface area contributed by atoms with Crippen LogP contribution in [0.3, 0.4) is 0 Å². The van der Waals surface area contributed by atoms with Gasteiger partial charge in [-0.15, -0.1) is 0 Å². The third-order valence-corrected chi connectivity index (χ3v) is 6.09. The number of unbranched alkanes of at least 4 members (excludes halogenated alkanes) is 2. The standard InChI is InChI=1S/C26H29F6NO/c1-3-5-11-33(12-6-4-2)16-24(34)23-13-17-7-8-18(25(27,28)29)14-21(17)22-15-19(26(30,31)32)9-10-20(22)23/h7-10,13-15,24,34H,3-6,11-12,16H2,1-2H3. The molecule has 0 aliphatic rings. The lowest BCUT2D eigenvalue weighted by molar-refractivity contribution is -0.138. The van der Waals surface area contributed by atoms with Crippen LogP contribution in [0.5, 0.6) is 0 Å². The largest absolute Gasteiger partial charge is 0.416 e. The number of fused-ring (bicyclic) bond motifs is 3. The third kappa shape index (κ3) is 6.02. The number of hydrogen-bond acceptors (Lipinski definition) is 2. The number of rotatable bonds is 9. The highest BCUT2D eigenvalue weighted by molar-refractivity contribution is 6.09. The summed E-state index contributed by atoms with van der Waals surface area (Å²) >= 11 is 0. The van der Waals surface area contributed by atoms with Crippen LogP contribution in [0.4, 0.5) is 26.3 Å². The molecular formula is C26H29F6NO. The highest BCUT2D eigenvalue weighted by Crippen LogP contribution is 2.39. The third-order valence-electron chi connectivity index (χ3n) is 6.09. The Labute approximate surface area is 195 Å². The Morgan fingerprint density at radius 2 is 1.26 bits per heavy atom. The van der Waals surface area contributed by atoms with Crippen molar-refractivity contribution >= 4 is 21.5 Å². The molecule has 34 heavy (non-hydrogen) atoms. The average molecular weight is 486 g/mol. The molecular weight excluding hydrogens is 456 g/mol. The maximum absolute atomic E-state index is 13.4. The van der Waals surface area contributed by atoms with Gasteiger partial charge in [0, 0.05) is 6.54 Å². The van der Waals surface area contributed by atoms with E-state index in [-0.39, 0.29) is 10.8 Å². The van der Waals surface area contributed by atoms with E-state index in [0.717, 1.165) is 63.0 Å². The SMILES string of the molecule is CCCCN(CCCC)CC(O)c1cc2ccc(C(F)(F)F)cc2c2cc(C(F)(F)F)ccc12. The molecule has 3 aromatic rings. The topological polar surface area (TPSA) is 23.5 Å². The fourth-order valence-electron chi connectivity index (χ4n) is 4.21. The van der Waals surface area contributed by atoms with Crippen LogP contribution in [0, 0.1) is 0 Å². The minimum absolute atomic E-state index is 0.0427. The summed E-state index contributed by atoms with van der Waals surface area (Å²) < 4.78 is 80.2. The van der Waals surface area contributed by atoms with E-state index in [0.29, 0.717) is 22.9 Å². The van der Waals surface area contributed by atoms with Crippen LogP contribution in [0.15, 0.2) is 42.5 Å². The molecule has 3 rings (SSSR count). The highest BCUT2D eigenvalue weighted by atomic mass is 19.4. The maximum atomic E-state index is 13.4. The first-order valence-electron chi connectivity index (χ1n) is 11.5. The molecule has 1 unspecified atom stereocenters. The number of halogens is 6. The van der Waals surface area contributed by atoms with Crippen molar-refractivity contribution in [2.24, 2.45) is 0 Å². The molecule has 0 aliphatic carbocycles. The summed E-state index contributed by atoms with van der Waals surface area (Å²) in [7, 11) is 0. The van der Waals surface area contributed by atoms with Crippen LogP contribution in [-0.4, -0.2) is 29.6 Å².